The number of sulfonamides is 1. The van der Waals surface area contributed by atoms with Crippen LogP contribution in [0.15, 0.2) is 58.3 Å². The second-order valence-corrected chi connectivity index (χ2v) is 7.81. The fraction of sp³-hybridized carbons (Fsp3) is 0.0714. The van der Waals surface area contributed by atoms with Crippen LogP contribution in [0.4, 0.5) is 5.82 Å². The van der Waals surface area contributed by atoms with Crippen LogP contribution in [0.1, 0.15) is 5.56 Å². The summed E-state index contributed by atoms with van der Waals surface area (Å²) in [4.78, 5) is 0. The van der Waals surface area contributed by atoms with E-state index >= 15 is 0 Å². The molecule has 2 aromatic heterocycles. The van der Waals surface area contributed by atoms with Gasteiger partial charge in [-0.15, -0.1) is 11.3 Å². The Morgan fingerprint density at radius 3 is 2.64 bits per heavy atom. The minimum atomic E-state index is -3.64. The molecule has 0 fully saturated rings. The molecule has 0 unspecified atom stereocenters. The molecule has 1 N–H and O–H groups in total. The van der Waals surface area contributed by atoms with Crippen molar-refractivity contribution in [2.24, 2.45) is 0 Å². The lowest BCUT2D eigenvalue weighted by atomic mass is 10.2. The van der Waals surface area contributed by atoms with Crippen LogP contribution in [-0.4, -0.2) is 18.2 Å². The topological polar surface area (TPSA) is 64.0 Å². The van der Waals surface area contributed by atoms with E-state index in [4.69, 9.17) is 11.6 Å². The Labute approximate surface area is 137 Å². The third-order valence-electron chi connectivity index (χ3n) is 2.90. The van der Waals surface area contributed by atoms with Crippen molar-refractivity contribution in [3.63, 3.8) is 0 Å². The highest BCUT2D eigenvalue weighted by Gasteiger charge is 2.19. The van der Waals surface area contributed by atoms with Gasteiger partial charge in [-0.1, -0.05) is 48.0 Å². The van der Waals surface area contributed by atoms with E-state index in [9.17, 15) is 8.42 Å². The number of nitrogens with zero attached hydrogens (tertiary/aromatic N) is 2. The third-order valence-corrected chi connectivity index (χ3v) is 5.91. The van der Waals surface area contributed by atoms with Gasteiger partial charge in [0.1, 0.15) is 9.23 Å². The second-order valence-electron chi connectivity index (χ2n) is 4.55. The van der Waals surface area contributed by atoms with Crippen LogP contribution >= 0.6 is 22.9 Å². The number of rotatable bonds is 5. The first-order valence-corrected chi connectivity index (χ1v) is 9.12. The van der Waals surface area contributed by atoms with Crippen LogP contribution in [0.3, 0.4) is 0 Å². The van der Waals surface area contributed by atoms with Crippen LogP contribution in [0, 0.1) is 0 Å². The summed E-state index contributed by atoms with van der Waals surface area (Å²) >= 11 is 7.21. The molecule has 5 nitrogen and oxygen atoms in total. The molecule has 1 aromatic carbocycles. The lowest BCUT2D eigenvalue weighted by Gasteiger charge is -2.03. The highest BCUT2D eigenvalue weighted by Crippen LogP contribution is 2.25. The molecule has 0 aliphatic rings. The lowest BCUT2D eigenvalue weighted by Crippen LogP contribution is -2.12. The second kappa shape index (κ2) is 6.12. The Morgan fingerprint density at radius 2 is 1.95 bits per heavy atom. The quantitative estimate of drug-likeness (QED) is 0.764. The molecule has 3 aromatic rings. The van der Waals surface area contributed by atoms with Crippen molar-refractivity contribution in [2.75, 3.05) is 4.72 Å². The molecule has 0 bridgehead atoms. The summed E-state index contributed by atoms with van der Waals surface area (Å²) in [6.07, 6.45) is 1.60. The average molecular weight is 354 g/mol. The van der Waals surface area contributed by atoms with Gasteiger partial charge in [-0.25, -0.2) is 8.42 Å². The predicted molar refractivity (Wildman–Crippen MR) is 87.9 cm³/mol. The van der Waals surface area contributed by atoms with E-state index in [1.165, 1.54) is 6.07 Å². The Morgan fingerprint density at radius 1 is 1.18 bits per heavy atom. The van der Waals surface area contributed by atoms with Crippen molar-refractivity contribution in [1.29, 1.82) is 0 Å². The smallest absolute Gasteiger partial charge is 0.265 e. The van der Waals surface area contributed by atoms with Gasteiger partial charge in [0.05, 0.1) is 6.54 Å². The van der Waals surface area contributed by atoms with Crippen molar-refractivity contribution < 1.29 is 8.42 Å². The Kier molecular flexibility index (Phi) is 4.19. The zero-order chi connectivity index (χ0) is 15.6. The van der Waals surface area contributed by atoms with Gasteiger partial charge in [0.15, 0.2) is 5.82 Å². The van der Waals surface area contributed by atoms with Crippen molar-refractivity contribution in [2.45, 2.75) is 10.8 Å². The van der Waals surface area contributed by atoms with Crippen LogP contribution < -0.4 is 4.72 Å². The highest BCUT2D eigenvalue weighted by atomic mass is 35.5. The van der Waals surface area contributed by atoms with Crippen LogP contribution in [-0.2, 0) is 16.6 Å². The standard InChI is InChI=1S/C14H12ClN3O2S2/c15-12-10-18(9-11-5-2-1-3-6-11)16-14(12)17-22(19,20)13-7-4-8-21-13/h1-8,10H,9H2,(H,16,17). The molecule has 22 heavy (non-hydrogen) atoms. The Balaban J connectivity index is 1.81. The summed E-state index contributed by atoms with van der Waals surface area (Å²) in [5.41, 5.74) is 1.05. The van der Waals surface area contributed by atoms with Gasteiger partial charge >= 0.3 is 0 Å². The summed E-state index contributed by atoms with van der Waals surface area (Å²) in [7, 11) is -3.64. The number of anilines is 1. The Hall–Kier alpha value is -1.83. The van der Waals surface area contributed by atoms with Gasteiger partial charge in [0.25, 0.3) is 10.0 Å². The maximum absolute atomic E-state index is 12.2. The molecule has 0 radical (unpaired) electrons. The van der Waals surface area contributed by atoms with Gasteiger partial charge < -0.3 is 0 Å². The number of thiophene rings is 1. The van der Waals surface area contributed by atoms with E-state index in [0.29, 0.717) is 6.54 Å². The van der Waals surface area contributed by atoms with Crippen molar-refractivity contribution in [1.82, 2.24) is 9.78 Å². The molecule has 0 spiro atoms. The van der Waals surface area contributed by atoms with Gasteiger partial charge in [0, 0.05) is 6.20 Å². The van der Waals surface area contributed by atoms with Gasteiger partial charge in [-0.3, -0.25) is 9.40 Å². The molecule has 0 aliphatic carbocycles. The molecular formula is C14H12ClN3O2S2. The van der Waals surface area contributed by atoms with Crippen molar-refractivity contribution in [3.05, 3.63) is 64.6 Å². The molecule has 0 atom stereocenters. The number of aromatic nitrogens is 2. The van der Waals surface area contributed by atoms with E-state index in [2.05, 4.69) is 9.82 Å². The molecule has 0 saturated carbocycles. The minimum Gasteiger partial charge on any atom is -0.265 e. The fourth-order valence-electron chi connectivity index (χ4n) is 1.91. The molecule has 8 heteroatoms. The van der Waals surface area contributed by atoms with Crippen LogP contribution in [0.5, 0.6) is 0 Å². The predicted octanol–water partition coefficient (Wildman–Crippen LogP) is 3.45. The van der Waals surface area contributed by atoms with E-state index in [1.807, 2.05) is 30.3 Å². The first-order valence-electron chi connectivity index (χ1n) is 6.38. The fourth-order valence-corrected chi connectivity index (χ4v) is 4.18. The van der Waals surface area contributed by atoms with Crippen LogP contribution in [0.2, 0.25) is 5.02 Å². The zero-order valence-corrected chi connectivity index (χ0v) is 13.7. The van der Waals surface area contributed by atoms with E-state index in [1.54, 1.807) is 22.3 Å². The number of halogens is 1. The largest absolute Gasteiger partial charge is 0.272 e. The number of benzene rings is 1. The molecule has 0 saturated heterocycles. The molecule has 0 amide bonds. The first kappa shape index (κ1) is 15.1. The van der Waals surface area contributed by atoms with E-state index in [0.717, 1.165) is 16.9 Å². The normalized spacial score (nSPS) is 11.5. The molecule has 3 rings (SSSR count). The maximum Gasteiger partial charge on any atom is 0.272 e. The van der Waals surface area contributed by atoms with E-state index in [-0.39, 0.29) is 15.0 Å². The summed E-state index contributed by atoms with van der Waals surface area (Å²) in [5, 5.41) is 6.16. The van der Waals surface area contributed by atoms with Crippen molar-refractivity contribution >= 4 is 38.8 Å². The van der Waals surface area contributed by atoms with Gasteiger partial charge in [-0.05, 0) is 17.0 Å². The summed E-state index contributed by atoms with van der Waals surface area (Å²) in [6.45, 7) is 0.515. The van der Waals surface area contributed by atoms with Crippen molar-refractivity contribution in [3.8, 4) is 0 Å². The van der Waals surface area contributed by atoms with Gasteiger partial charge in [0.2, 0.25) is 0 Å². The Bertz CT molecular complexity index is 859. The maximum atomic E-state index is 12.2. The number of hydrogen-bond acceptors (Lipinski definition) is 4. The monoisotopic (exact) mass is 353 g/mol. The summed E-state index contributed by atoms with van der Waals surface area (Å²) in [5.74, 6) is 0.131. The highest BCUT2D eigenvalue weighted by molar-refractivity contribution is 7.94. The number of nitrogens with one attached hydrogen (secondary N) is 1. The minimum absolute atomic E-state index is 0.131. The number of hydrogen-bond donors (Lipinski definition) is 1. The summed E-state index contributed by atoms with van der Waals surface area (Å²) < 4.78 is 28.6. The summed E-state index contributed by atoms with van der Waals surface area (Å²) in [6, 6.07) is 12.9. The molecule has 2 heterocycles. The lowest BCUT2D eigenvalue weighted by molar-refractivity contribution is 0.602. The van der Waals surface area contributed by atoms with Crippen LogP contribution in [0.25, 0.3) is 0 Å². The van der Waals surface area contributed by atoms with Gasteiger partial charge in [-0.2, -0.15) is 5.10 Å². The molecule has 114 valence electrons. The van der Waals surface area contributed by atoms with E-state index < -0.39 is 10.0 Å². The molecule has 0 aliphatic heterocycles. The molecular weight excluding hydrogens is 342 g/mol. The first-order chi connectivity index (χ1) is 10.5. The third kappa shape index (κ3) is 3.32. The average Bonchev–Trinajstić information content (AvgIpc) is 3.11. The SMILES string of the molecule is O=S(=O)(Nc1nn(Cc2ccccc2)cc1Cl)c1cccs1. The zero-order valence-electron chi connectivity index (χ0n) is 11.3.